The second-order valence-corrected chi connectivity index (χ2v) is 8.78. The first-order valence-corrected chi connectivity index (χ1v) is 9.97. The van der Waals surface area contributed by atoms with E-state index in [9.17, 15) is 23.1 Å². The van der Waals surface area contributed by atoms with E-state index in [1.165, 1.54) is 4.90 Å². The van der Waals surface area contributed by atoms with E-state index in [0.29, 0.717) is 5.69 Å². The number of cyclic esters (lactones) is 1. The van der Waals surface area contributed by atoms with Gasteiger partial charge in [0.15, 0.2) is 14.6 Å². The monoisotopic (exact) mass is 379 g/mol. The number of carboxylic acids is 1. The van der Waals surface area contributed by atoms with Crippen molar-refractivity contribution in [2.24, 2.45) is 0 Å². The summed E-state index contributed by atoms with van der Waals surface area (Å²) in [6.07, 6.45) is -0.179. The topological polar surface area (TPSA) is 101 Å². The fourth-order valence-electron chi connectivity index (χ4n) is 2.59. The Hall–Kier alpha value is -2.53. The fourth-order valence-corrected chi connectivity index (χ4v) is 3.39. The number of anilines is 1. The largest absolute Gasteiger partial charge is 0.480 e. The number of rotatable bonds is 5. The normalized spacial score (nSPS) is 19.3. The van der Waals surface area contributed by atoms with Crippen LogP contribution in [0.5, 0.6) is 0 Å². The highest BCUT2D eigenvalue weighted by Crippen LogP contribution is 2.30. The standard InChI is InChI=1S/C18H21NO6S/c1-4-5-6-13-7-9-14(10-8-13)19-12-15(25-17(19)22)11-18(2,16(20)21)26(3,23)24/h7-10,15H,4,11-12H2,1-3H3,(H,20,21). The van der Waals surface area contributed by atoms with Gasteiger partial charge >= 0.3 is 12.1 Å². The van der Waals surface area contributed by atoms with Crippen LogP contribution in [0.3, 0.4) is 0 Å². The molecule has 140 valence electrons. The molecule has 0 bridgehead atoms. The van der Waals surface area contributed by atoms with E-state index >= 15 is 0 Å². The minimum Gasteiger partial charge on any atom is -0.480 e. The van der Waals surface area contributed by atoms with E-state index in [4.69, 9.17) is 4.74 Å². The van der Waals surface area contributed by atoms with Gasteiger partial charge in [0, 0.05) is 30.3 Å². The summed E-state index contributed by atoms with van der Waals surface area (Å²) in [5.74, 6) is 4.46. The SMILES string of the molecule is CCC#Cc1ccc(N2CC(CC(C)(C(=O)O)S(C)(=O)=O)OC2=O)cc1. The summed E-state index contributed by atoms with van der Waals surface area (Å²) in [7, 11) is -3.89. The third-order valence-electron chi connectivity index (χ3n) is 4.35. The van der Waals surface area contributed by atoms with Crippen LogP contribution in [-0.4, -0.2) is 49.2 Å². The van der Waals surface area contributed by atoms with Gasteiger partial charge in [-0.2, -0.15) is 0 Å². The van der Waals surface area contributed by atoms with Gasteiger partial charge < -0.3 is 9.84 Å². The Morgan fingerprint density at radius 3 is 2.50 bits per heavy atom. The zero-order chi connectivity index (χ0) is 19.5. The lowest BCUT2D eigenvalue weighted by atomic mass is 10.0. The first kappa shape index (κ1) is 19.8. The van der Waals surface area contributed by atoms with E-state index in [1.807, 2.05) is 6.92 Å². The highest BCUT2D eigenvalue weighted by Gasteiger charge is 2.48. The molecular weight excluding hydrogens is 358 g/mol. The van der Waals surface area contributed by atoms with Crippen LogP contribution in [0.4, 0.5) is 10.5 Å². The highest BCUT2D eigenvalue weighted by atomic mass is 32.2. The van der Waals surface area contributed by atoms with Crippen LogP contribution in [0, 0.1) is 11.8 Å². The van der Waals surface area contributed by atoms with E-state index < -0.39 is 32.8 Å². The van der Waals surface area contributed by atoms with Crippen molar-refractivity contribution in [1.82, 2.24) is 0 Å². The van der Waals surface area contributed by atoms with Crippen molar-refractivity contribution < 1.29 is 27.9 Å². The molecule has 1 aliphatic rings. The van der Waals surface area contributed by atoms with Crippen molar-refractivity contribution in [3.63, 3.8) is 0 Å². The number of carbonyl (C=O) groups excluding carboxylic acids is 1. The number of nitrogens with zero attached hydrogens (tertiary/aromatic N) is 1. The number of benzene rings is 1. The predicted molar refractivity (Wildman–Crippen MR) is 96.7 cm³/mol. The molecule has 1 N–H and O–H groups in total. The van der Waals surface area contributed by atoms with Gasteiger partial charge in [0.1, 0.15) is 6.10 Å². The Morgan fingerprint density at radius 1 is 1.38 bits per heavy atom. The maximum absolute atomic E-state index is 12.1. The van der Waals surface area contributed by atoms with Crippen LogP contribution in [0.1, 0.15) is 32.3 Å². The molecule has 2 atom stereocenters. The van der Waals surface area contributed by atoms with Crippen LogP contribution >= 0.6 is 0 Å². The first-order valence-electron chi connectivity index (χ1n) is 8.08. The van der Waals surface area contributed by atoms with Gasteiger partial charge in [-0.15, -0.1) is 0 Å². The number of sulfone groups is 1. The molecule has 26 heavy (non-hydrogen) atoms. The summed E-state index contributed by atoms with van der Waals surface area (Å²) < 4.78 is 27.0. The van der Waals surface area contributed by atoms with Crippen LogP contribution in [-0.2, 0) is 19.4 Å². The Labute approximate surface area is 152 Å². The molecule has 0 aromatic heterocycles. The number of aliphatic carboxylic acids is 1. The summed E-state index contributed by atoms with van der Waals surface area (Å²) in [5, 5.41) is 9.33. The smallest absolute Gasteiger partial charge is 0.414 e. The average molecular weight is 379 g/mol. The molecule has 0 radical (unpaired) electrons. The van der Waals surface area contributed by atoms with E-state index in [1.54, 1.807) is 24.3 Å². The molecule has 2 unspecified atom stereocenters. The lowest BCUT2D eigenvalue weighted by molar-refractivity contribution is -0.140. The number of carboxylic acid groups (broad SMARTS) is 1. The number of amides is 1. The Kier molecular flexibility index (Phi) is 5.62. The highest BCUT2D eigenvalue weighted by molar-refractivity contribution is 7.92. The molecule has 1 aliphatic heterocycles. The summed E-state index contributed by atoms with van der Waals surface area (Å²) in [4.78, 5) is 24.9. The van der Waals surface area contributed by atoms with Crippen LogP contribution in [0.15, 0.2) is 24.3 Å². The summed E-state index contributed by atoms with van der Waals surface area (Å²) in [5.41, 5.74) is 1.39. The average Bonchev–Trinajstić information content (AvgIpc) is 2.92. The Morgan fingerprint density at radius 2 is 2.00 bits per heavy atom. The first-order chi connectivity index (χ1) is 12.1. The summed E-state index contributed by atoms with van der Waals surface area (Å²) in [6, 6.07) is 6.99. The molecular formula is C18H21NO6S. The molecule has 1 fully saturated rings. The second kappa shape index (κ2) is 7.38. The molecule has 1 heterocycles. The van der Waals surface area contributed by atoms with Crippen LogP contribution < -0.4 is 4.90 Å². The number of hydrogen-bond donors (Lipinski definition) is 1. The third kappa shape index (κ3) is 3.99. The number of ether oxygens (including phenoxy) is 1. The van der Waals surface area contributed by atoms with Gasteiger partial charge in [0.25, 0.3) is 0 Å². The van der Waals surface area contributed by atoms with Crippen molar-refractivity contribution in [2.75, 3.05) is 17.7 Å². The Bertz CT molecular complexity index is 865. The fraction of sp³-hybridized carbons (Fsp3) is 0.444. The minimum atomic E-state index is -3.89. The maximum atomic E-state index is 12.1. The molecule has 1 aromatic carbocycles. The van der Waals surface area contributed by atoms with Crippen molar-refractivity contribution in [1.29, 1.82) is 0 Å². The van der Waals surface area contributed by atoms with Gasteiger partial charge in [-0.3, -0.25) is 9.69 Å². The van der Waals surface area contributed by atoms with Gasteiger partial charge in [-0.1, -0.05) is 18.8 Å². The van der Waals surface area contributed by atoms with Crippen molar-refractivity contribution >= 4 is 27.6 Å². The van der Waals surface area contributed by atoms with Crippen molar-refractivity contribution in [3.05, 3.63) is 29.8 Å². The van der Waals surface area contributed by atoms with Gasteiger partial charge in [0.2, 0.25) is 0 Å². The molecule has 1 amide bonds. The quantitative estimate of drug-likeness (QED) is 0.786. The number of carbonyl (C=O) groups is 2. The molecule has 0 saturated carbocycles. The van der Waals surface area contributed by atoms with E-state index in [-0.39, 0.29) is 13.0 Å². The summed E-state index contributed by atoms with van der Waals surface area (Å²) in [6.45, 7) is 3.16. The van der Waals surface area contributed by atoms with Gasteiger partial charge in [-0.05, 0) is 31.2 Å². The molecule has 1 saturated heterocycles. The zero-order valence-corrected chi connectivity index (χ0v) is 15.7. The molecule has 0 aliphatic carbocycles. The molecule has 8 heteroatoms. The predicted octanol–water partition coefficient (Wildman–Crippen LogP) is 2.05. The van der Waals surface area contributed by atoms with E-state index in [0.717, 1.165) is 25.2 Å². The summed E-state index contributed by atoms with van der Waals surface area (Å²) >= 11 is 0. The Balaban J connectivity index is 2.17. The van der Waals surface area contributed by atoms with Gasteiger partial charge in [-0.25, -0.2) is 13.2 Å². The van der Waals surface area contributed by atoms with Crippen molar-refractivity contribution in [3.8, 4) is 11.8 Å². The van der Waals surface area contributed by atoms with Gasteiger partial charge in [0.05, 0.1) is 6.54 Å². The second-order valence-electron chi connectivity index (χ2n) is 6.33. The zero-order valence-electron chi connectivity index (χ0n) is 14.9. The maximum Gasteiger partial charge on any atom is 0.414 e. The van der Waals surface area contributed by atoms with Crippen molar-refractivity contribution in [2.45, 2.75) is 37.5 Å². The molecule has 7 nitrogen and oxygen atoms in total. The molecule has 0 spiro atoms. The van der Waals surface area contributed by atoms with Crippen LogP contribution in [0.25, 0.3) is 0 Å². The molecule has 1 aromatic rings. The lowest BCUT2D eigenvalue weighted by Gasteiger charge is -2.24. The van der Waals surface area contributed by atoms with E-state index in [2.05, 4.69) is 11.8 Å². The lowest BCUT2D eigenvalue weighted by Crippen LogP contribution is -2.46. The number of hydrogen-bond acceptors (Lipinski definition) is 5. The van der Waals surface area contributed by atoms with Crippen LogP contribution in [0.2, 0.25) is 0 Å². The molecule has 2 rings (SSSR count). The third-order valence-corrected chi connectivity index (χ3v) is 6.33. The minimum absolute atomic E-state index is 0.0806.